The minimum Gasteiger partial charge on any atom is -1.00 e. The Morgan fingerprint density at radius 2 is 0.750 bits per heavy atom. The number of halogens is 3. The summed E-state index contributed by atoms with van der Waals surface area (Å²) in [6.45, 7) is 0. The summed E-state index contributed by atoms with van der Waals surface area (Å²) >= 11 is 0. The van der Waals surface area contributed by atoms with Crippen molar-refractivity contribution in [2.75, 3.05) is 0 Å². The Morgan fingerprint density at radius 1 is 0.750 bits per heavy atom. The molecule has 0 aliphatic rings. The molecule has 0 aliphatic carbocycles. The Bertz CT molecular complexity index is 6.00. The van der Waals surface area contributed by atoms with E-state index < -0.39 is 0 Å². The molecule has 0 unspecified atom stereocenters. The number of rotatable bonds is 0. The summed E-state index contributed by atoms with van der Waals surface area (Å²) in [5.41, 5.74) is 0. The summed E-state index contributed by atoms with van der Waals surface area (Å²) in [5.74, 6) is 0. The molecule has 4 heavy (non-hydrogen) atoms. The fraction of sp³-hybridized carbons (Fsp3) is 0. The molecule has 0 amide bonds. The van der Waals surface area contributed by atoms with Crippen LogP contribution in [0.25, 0.3) is 0 Å². The molecule has 0 saturated heterocycles. The van der Waals surface area contributed by atoms with Gasteiger partial charge in [-0.2, -0.15) is 0 Å². The third-order valence-corrected chi connectivity index (χ3v) is 0. The normalized spacial score (nSPS) is 0. The first-order valence-corrected chi connectivity index (χ1v) is 0. The summed E-state index contributed by atoms with van der Waals surface area (Å²) in [7, 11) is 0. The Balaban J connectivity index is 0. The van der Waals surface area contributed by atoms with E-state index in [0.29, 0.717) is 0 Å². The molecular weight excluding hydrogens is 205 g/mol. The fourth-order valence-corrected chi connectivity index (χ4v) is 0. The van der Waals surface area contributed by atoms with Crippen molar-refractivity contribution in [3.05, 3.63) is 0 Å². The van der Waals surface area contributed by atoms with Gasteiger partial charge in [-0.25, -0.2) is 0 Å². The molecule has 0 N–H and O–H groups in total. The second kappa shape index (κ2) is 20.6. The first-order valence-electron chi connectivity index (χ1n) is 0. The van der Waals surface area contributed by atoms with E-state index in [2.05, 4.69) is 0 Å². The van der Waals surface area contributed by atoms with Crippen LogP contribution in [0, 0.1) is 0 Å². The zero-order valence-corrected chi connectivity index (χ0v) is 6.27. The first-order chi connectivity index (χ1) is 0. The van der Waals surface area contributed by atoms with Crippen LogP contribution in [0.1, 0.15) is 0 Å². The van der Waals surface area contributed by atoms with Crippen LogP contribution in [0.5, 0.6) is 0 Å². The largest absolute Gasteiger partial charge is 1.00 e. The summed E-state index contributed by atoms with van der Waals surface area (Å²) in [6.07, 6.45) is 0. The maximum absolute atomic E-state index is 0. The van der Waals surface area contributed by atoms with Gasteiger partial charge >= 0.3 is 18.9 Å². The zero-order chi connectivity index (χ0) is 0. The Kier molecular flexibility index (Phi) is 201. The monoisotopic (exact) mass is 206 g/mol. The van der Waals surface area contributed by atoms with E-state index in [9.17, 15) is 0 Å². The molecule has 4 heteroatoms. The van der Waals surface area contributed by atoms with Crippen molar-refractivity contribution in [3.8, 4) is 0 Å². The van der Waals surface area contributed by atoms with E-state index in [4.69, 9.17) is 0 Å². The summed E-state index contributed by atoms with van der Waals surface area (Å²) in [6, 6.07) is 0. The van der Waals surface area contributed by atoms with Crippen molar-refractivity contribution in [1.29, 1.82) is 0 Å². The van der Waals surface area contributed by atoms with Crippen molar-refractivity contribution in [2.45, 2.75) is 0 Å². The van der Waals surface area contributed by atoms with Crippen molar-refractivity contribution >= 4 is 0 Å². The van der Waals surface area contributed by atoms with Crippen LogP contribution in [0.4, 0.5) is 0 Å². The van der Waals surface area contributed by atoms with Gasteiger partial charge in [-0.05, 0) is 0 Å². The molecule has 0 aromatic rings. The van der Waals surface area contributed by atoms with Crippen LogP contribution in [-0.2, 0) is 0 Å². The van der Waals surface area contributed by atoms with Gasteiger partial charge in [-0.15, -0.1) is 0 Å². The molecule has 0 aromatic heterocycles. The standard InChI is InChI=1S/2ClH.H2I.Li/h2*1H;1H2;/q;;2*+1/p-2. The third kappa shape index (κ3) is 9.08. The Labute approximate surface area is 67.1 Å². The number of hydrogen-bond acceptors (Lipinski definition) is 0. The third-order valence-electron chi connectivity index (χ3n) is 0. The van der Waals surface area contributed by atoms with Gasteiger partial charge in [0.2, 0.25) is 24.0 Å². The second-order valence-electron chi connectivity index (χ2n) is 0. The van der Waals surface area contributed by atoms with Gasteiger partial charge in [-0.3, -0.25) is 0 Å². The van der Waals surface area contributed by atoms with Crippen LogP contribution in [0.15, 0.2) is 0 Å². The van der Waals surface area contributed by atoms with E-state index in [0.717, 1.165) is 0 Å². The summed E-state index contributed by atoms with van der Waals surface area (Å²) in [5, 5.41) is 0. The molecule has 0 fully saturated rings. The van der Waals surface area contributed by atoms with Gasteiger partial charge < -0.3 is 24.8 Å². The van der Waals surface area contributed by atoms with Gasteiger partial charge in [0.25, 0.3) is 0 Å². The maximum atomic E-state index is 0. The summed E-state index contributed by atoms with van der Waals surface area (Å²) < 4.78 is 0. The Morgan fingerprint density at radius 3 is 0.750 bits per heavy atom. The molecule has 0 saturated carbocycles. The van der Waals surface area contributed by atoms with Crippen molar-refractivity contribution < 1.29 is 67.7 Å². The average molecular weight is 207 g/mol. The van der Waals surface area contributed by atoms with Gasteiger partial charge in [0.1, 0.15) is 0 Å². The average Bonchev–Trinajstić information content (AvgIpc) is 0. The van der Waals surface area contributed by atoms with Crippen LogP contribution in [-0.4, -0.2) is 0 Å². The van der Waals surface area contributed by atoms with E-state index in [1.54, 1.807) is 0 Å². The molecular formula is H2Cl2ILi. The fourth-order valence-electron chi connectivity index (χ4n) is 0. The first kappa shape index (κ1) is 39.1. The molecule has 0 rings (SSSR count). The number of hydrogen-bond donors (Lipinski definition) is 0. The van der Waals surface area contributed by atoms with Crippen molar-refractivity contribution in [2.24, 2.45) is 0 Å². The molecule has 0 aliphatic heterocycles. The molecule has 24 valence electrons. The minimum atomic E-state index is 0. The van der Waals surface area contributed by atoms with Gasteiger partial charge in [0.05, 0.1) is 0 Å². The van der Waals surface area contributed by atoms with E-state index in [1.165, 1.54) is 0 Å². The quantitative estimate of drug-likeness (QED) is 0.273. The smallest absolute Gasteiger partial charge is 1.00 e. The molecule has 0 bridgehead atoms. The predicted molar refractivity (Wildman–Crippen MR) is 2.79 cm³/mol. The van der Waals surface area contributed by atoms with E-state index >= 15 is 0 Å². The van der Waals surface area contributed by atoms with Crippen LogP contribution >= 0.6 is 0 Å². The van der Waals surface area contributed by atoms with Crippen LogP contribution in [0.2, 0.25) is 0 Å². The van der Waals surface area contributed by atoms with Crippen LogP contribution < -0.4 is 67.7 Å². The van der Waals surface area contributed by atoms with Crippen molar-refractivity contribution in [3.63, 3.8) is 0 Å². The summed E-state index contributed by atoms with van der Waals surface area (Å²) in [4.78, 5) is 0. The van der Waals surface area contributed by atoms with Crippen molar-refractivity contribution in [1.82, 2.24) is 0 Å². The molecule has 0 spiro atoms. The Hall–Kier alpha value is 1.91. The molecule has 0 heterocycles. The molecule has 0 radical (unpaired) electrons. The molecule has 0 aromatic carbocycles. The zero-order valence-electron chi connectivity index (χ0n) is 2.20. The van der Waals surface area contributed by atoms with Gasteiger partial charge in [0, 0.05) is 0 Å². The van der Waals surface area contributed by atoms with E-state index in [1.807, 2.05) is 0 Å². The predicted octanol–water partition coefficient (Wildman–Crippen LogP) is -12.5. The SMILES string of the molecule is [Cl-].[Cl-].[IH2+].[Li+]. The molecule has 0 atom stereocenters. The van der Waals surface area contributed by atoms with Crippen LogP contribution in [0.3, 0.4) is 0 Å². The molecule has 0 nitrogen and oxygen atoms in total. The maximum Gasteiger partial charge on any atom is 1.00 e. The topological polar surface area (TPSA) is 0 Å². The second-order valence-corrected chi connectivity index (χ2v) is 0. The van der Waals surface area contributed by atoms with Gasteiger partial charge in [-0.1, -0.05) is 0 Å². The van der Waals surface area contributed by atoms with E-state index in [-0.39, 0.29) is 67.7 Å². The van der Waals surface area contributed by atoms with Gasteiger partial charge in [0.15, 0.2) is 0 Å². The minimum absolute atomic E-state index is 0.